The van der Waals surface area contributed by atoms with Crippen molar-refractivity contribution in [1.29, 1.82) is 0 Å². The lowest BCUT2D eigenvalue weighted by molar-refractivity contribution is -0.112. The number of rotatable bonds is 5. The van der Waals surface area contributed by atoms with E-state index in [1.807, 2.05) is 30.4 Å². The Hall–Kier alpha value is -1.81. The number of hydrogen-bond donors (Lipinski definition) is 0. The summed E-state index contributed by atoms with van der Waals surface area (Å²) in [6.45, 7) is 0. The molecule has 0 spiro atoms. The second-order valence-corrected chi connectivity index (χ2v) is 5.01. The zero-order valence-electron chi connectivity index (χ0n) is 10.6. The third kappa shape index (κ3) is 3.35. The van der Waals surface area contributed by atoms with E-state index >= 15 is 0 Å². The van der Waals surface area contributed by atoms with Gasteiger partial charge >= 0.3 is 5.97 Å². The van der Waals surface area contributed by atoms with Crippen LogP contribution >= 0.6 is 11.8 Å². The number of esters is 1. The quantitative estimate of drug-likeness (QED) is 0.611. The minimum Gasteiger partial charge on any atom is -0.465 e. The van der Waals surface area contributed by atoms with Crippen molar-refractivity contribution in [2.45, 2.75) is 11.3 Å². The highest BCUT2D eigenvalue weighted by Gasteiger charge is 2.14. The van der Waals surface area contributed by atoms with Crippen LogP contribution in [0.3, 0.4) is 0 Å². The molecule has 1 aliphatic carbocycles. The number of hydrogen-bond acceptors (Lipinski definition) is 4. The van der Waals surface area contributed by atoms with Crippen LogP contribution in [0, 0.1) is 0 Å². The predicted molar refractivity (Wildman–Crippen MR) is 75.4 cm³/mol. The number of ketones is 1. The summed E-state index contributed by atoms with van der Waals surface area (Å²) in [5, 5.41) is 0. The Kier molecular flexibility index (Phi) is 4.58. The molecule has 0 saturated carbocycles. The van der Waals surface area contributed by atoms with Crippen molar-refractivity contribution in [3.8, 4) is 0 Å². The van der Waals surface area contributed by atoms with E-state index in [0.717, 1.165) is 16.9 Å². The molecule has 0 atom stereocenters. The van der Waals surface area contributed by atoms with Crippen molar-refractivity contribution in [3.05, 3.63) is 53.6 Å². The van der Waals surface area contributed by atoms with Gasteiger partial charge in [-0.1, -0.05) is 30.4 Å². The van der Waals surface area contributed by atoms with E-state index in [4.69, 9.17) is 4.74 Å². The van der Waals surface area contributed by atoms with Crippen LogP contribution < -0.4 is 0 Å². The summed E-state index contributed by atoms with van der Waals surface area (Å²) in [4.78, 5) is 24.3. The average Bonchev–Trinajstić information content (AvgIpc) is 2.98. The summed E-state index contributed by atoms with van der Waals surface area (Å²) in [6, 6.07) is 7.14. The van der Waals surface area contributed by atoms with Crippen molar-refractivity contribution in [2.24, 2.45) is 0 Å². The van der Waals surface area contributed by atoms with Crippen LogP contribution in [0.15, 0.2) is 53.0 Å². The van der Waals surface area contributed by atoms with Crippen molar-refractivity contribution >= 4 is 23.5 Å². The molecule has 1 aromatic carbocycles. The molecule has 0 N–H and O–H groups in total. The molecule has 19 heavy (non-hydrogen) atoms. The van der Waals surface area contributed by atoms with Gasteiger partial charge in [-0.2, -0.15) is 0 Å². The summed E-state index contributed by atoms with van der Waals surface area (Å²) in [5.41, 5.74) is 1.25. The molecule has 0 aliphatic heterocycles. The van der Waals surface area contributed by atoms with Crippen LogP contribution in [-0.2, 0) is 9.53 Å². The molecule has 98 valence electrons. The Morgan fingerprint density at radius 1 is 1.32 bits per heavy atom. The second-order valence-electron chi connectivity index (χ2n) is 4.00. The molecule has 0 unspecified atom stereocenters. The summed E-state index contributed by atoms with van der Waals surface area (Å²) in [6.07, 6.45) is 6.54. The molecule has 0 amide bonds. The van der Waals surface area contributed by atoms with Gasteiger partial charge in [0, 0.05) is 10.5 Å². The number of thioether (sulfide) groups is 1. The first-order valence-electron chi connectivity index (χ1n) is 5.92. The fourth-order valence-electron chi connectivity index (χ4n) is 1.76. The van der Waals surface area contributed by atoms with Crippen molar-refractivity contribution in [2.75, 3.05) is 12.9 Å². The monoisotopic (exact) mass is 274 g/mol. The molecule has 0 radical (unpaired) electrons. The minimum absolute atomic E-state index is 0.0819. The molecule has 0 bridgehead atoms. The number of allylic oxidation sites excluding steroid dienone is 4. The van der Waals surface area contributed by atoms with Gasteiger partial charge in [0.2, 0.25) is 0 Å². The summed E-state index contributed by atoms with van der Waals surface area (Å²) >= 11 is 1.36. The maximum absolute atomic E-state index is 11.9. The number of carbonyl (C=O) groups excluding carboxylic acids is 2. The standard InChI is InChI=1S/C15H14O3S/c1-18-15(17)12-8-4-5-9-14(12)19-10-13(16)11-6-2-3-7-11/h2,4-9H,3,10H2,1H3. The molecule has 0 heterocycles. The Balaban J connectivity index is 2.05. The largest absolute Gasteiger partial charge is 0.465 e. The highest BCUT2D eigenvalue weighted by atomic mass is 32.2. The van der Waals surface area contributed by atoms with E-state index in [9.17, 15) is 9.59 Å². The van der Waals surface area contributed by atoms with Gasteiger partial charge in [-0.3, -0.25) is 4.79 Å². The maximum Gasteiger partial charge on any atom is 0.338 e. The first-order chi connectivity index (χ1) is 9.22. The zero-order valence-corrected chi connectivity index (χ0v) is 11.4. The van der Waals surface area contributed by atoms with Gasteiger partial charge < -0.3 is 4.74 Å². The molecular weight excluding hydrogens is 260 g/mol. The summed E-state index contributed by atoms with van der Waals surface area (Å²) in [5.74, 6) is 0.0263. The van der Waals surface area contributed by atoms with Crippen LogP contribution in [0.1, 0.15) is 16.8 Å². The highest BCUT2D eigenvalue weighted by Crippen LogP contribution is 2.24. The van der Waals surface area contributed by atoms with Gasteiger partial charge in [0.1, 0.15) is 0 Å². The van der Waals surface area contributed by atoms with Crippen LogP contribution in [-0.4, -0.2) is 24.6 Å². The predicted octanol–water partition coefficient (Wildman–Crippen LogP) is 3.02. The van der Waals surface area contributed by atoms with Crippen LogP contribution in [0.25, 0.3) is 0 Å². The summed E-state index contributed by atoms with van der Waals surface area (Å²) in [7, 11) is 1.35. The van der Waals surface area contributed by atoms with Crippen molar-refractivity contribution in [3.63, 3.8) is 0 Å². The third-order valence-corrected chi connectivity index (χ3v) is 3.82. The van der Waals surface area contributed by atoms with E-state index < -0.39 is 0 Å². The minimum atomic E-state index is -0.379. The highest BCUT2D eigenvalue weighted by molar-refractivity contribution is 8.00. The number of methoxy groups -OCH3 is 1. The molecule has 0 fully saturated rings. The van der Waals surface area contributed by atoms with Crippen LogP contribution in [0.5, 0.6) is 0 Å². The molecular formula is C15H14O3S. The Bertz CT molecular complexity index is 558. The SMILES string of the molecule is COC(=O)c1ccccc1SCC(=O)C1=CCC=C1. The Morgan fingerprint density at radius 2 is 2.11 bits per heavy atom. The van der Waals surface area contributed by atoms with E-state index in [1.165, 1.54) is 18.9 Å². The molecule has 4 heteroatoms. The van der Waals surface area contributed by atoms with Crippen LogP contribution in [0.2, 0.25) is 0 Å². The number of Topliss-reactive ketones (excluding diaryl/α,β-unsaturated/α-hetero) is 1. The van der Waals surface area contributed by atoms with E-state index in [-0.39, 0.29) is 11.8 Å². The number of carbonyl (C=O) groups is 2. The fourth-order valence-corrected chi connectivity index (χ4v) is 2.70. The Labute approximate surface area is 116 Å². The first kappa shape index (κ1) is 13.6. The van der Waals surface area contributed by atoms with Gasteiger partial charge in [0.05, 0.1) is 18.4 Å². The van der Waals surface area contributed by atoms with Gasteiger partial charge in [-0.25, -0.2) is 4.79 Å². The smallest absolute Gasteiger partial charge is 0.338 e. The normalized spacial score (nSPS) is 13.2. The van der Waals surface area contributed by atoms with Crippen molar-refractivity contribution in [1.82, 2.24) is 0 Å². The van der Waals surface area contributed by atoms with E-state index in [1.54, 1.807) is 12.1 Å². The average molecular weight is 274 g/mol. The van der Waals surface area contributed by atoms with Gasteiger partial charge in [0.25, 0.3) is 0 Å². The summed E-state index contributed by atoms with van der Waals surface area (Å²) < 4.78 is 4.72. The lowest BCUT2D eigenvalue weighted by Gasteiger charge is -2.06. The van der Waals surface area contributed by atoms with Gasteiger partial charge in [-0.05, 0) is 18.6 Å². The fraction of sp³-hybridized carbons (Fsp3) is 0.200. The van der Waals surface area contributed by atoms with Gasteiger partial charge in [-0.15, -0.1) is 11.8 Å². The molecule has 0 aromatic heterocycles. The lowest BCUT2D eigenvalue weighted by Crippen LogP contribution is -2.06. The molecule has 2 rings (SSSR count). The van der Waals surface area contributed by atoms with Crippen molar-refractivity contribution < 1.29 is 14.3 Å². The third-order valence-electron chi connectivity index (χ3n) is 2.74. The second kappa shape index (κ2) is 6.38. The molecule has 1 aliphatic rings. The first-order valence-corrected chi connectivity index (χ1v) is 6.91. The van der Waals surface area contributed by atoms with E-state index in [2.05, 4.69) is 0 Å². The maximum atomic E-state index is 11.9. The molecule has 0 saturated heterocycles. The lowest BCUT2D eigenvalue weighted by atomic mass is 10.2. The van der Waals surface area contributed by atoms with Gasteiger partial charge in [0.15, 0.2) is 5.78 Å². The topological polar surface area (TPSA) is 43.4 Å². The molecule has 1 aromatic rings. The number of ether oxygens (including phenoxy) is 1. The zero-order chi connectivity index (χ0) is 13.7. The van der Waals surface area contributed by atoms with Crippen LogP contribution in [0.4, 0.5) is 0 Å². The Morgan fingerprint density at radius 3 is 2.79 bits per heavy atom. The molecule has 3 nitrogen and oxygen atoms in total. The number of benzene rings is 1. The van der Waals surface area contributed by atoms with E-state index in [0.29, 0.717) is 11.3 Å².